The largest absolute Gasteiger partial charge is 0.481 e. The first-order chi connectivity index (χ1) is 9.70. The van der Waals surface area contributed by atoms with Gasteiger partial charge in [-0.25, -0.2) is 4.79 Å². The average molecular weight is 302 g/mol. The van der Waals surface area contributed by atoms with Gasteiger partial charge in [-0.05, 0) is 40.0 Å². The van der Waals surface area contributed by atoms with Gasteiger partial charge >= 0.3 is 12.1 Å². The first-order valence-electron chi connectivity index (χ1n) is 7.65. The second-order valence-corrected chi connectivity index (χ2v) is 6.32. The second-order valence-electron chi connectivity index (χ2n) is 6.32. The van der Waals surface area contributed by atoms with Crippen LogP contribution in [0.3, 0.4) is 0 Å². The normalized spacial score (nSPS) is 15.6. The van der Waals surface area contributed by atoms with Crippen molar-refractivity contribution in [3.63, 3.8) is 0 Å². The predicted molar refractivity (Wildman–Crippen MR) is 82.2 cm³/mol. The van der Waals surface area contributed by atoms with Gasteiger partial charge in [0.15, 0.2) is 0 Å². The molecular formula is C15H30N2O4. The Morgan fingerprint density at radius 2 is 1.81 bits per heavy atom. The topological polar surface area (TPSA) is 102 Å². The molecule has 1 saturated carbocycles. The monoisotopic (exact) mass is 302 g/mol. The summed E-state index contributed by atoms with van der Waals surface area (Å²) < 4.78 is 4.95. The van der Waals surface area contributed by atoms with Crippen LogP contribution in [0.2, 0.25) is 0 Å². The Kier molecular flexibility index (Phi) is 9.78. The molecule has 0 heterocycles. The molecule has 21 heavy (non-hydrogen) atoms. The van der Waals surface area contributed by atoms with Crippen molar-refractivity contribution >= 4 is 12.1 Å². The maximum absolute atomic E-state index is 11.0. The maximum atomic E-state index is 11.0. The number of alkyl carbamates (subject to hydrolysis) is 1. The van der Waals surface area contributed by atoms with Crippen LogP contribution in [0.5, 0.6) is 0 Å². The highest BCUT2D eigenvalue weighted by atomic mass is 16.6. The number of ether oxygens (including phenoxy) is 1. The lowest BCUT2D eigenvalue weighted by atomic mass is 9.97. The van der Waals surface area contributed by atoms with E-state index >= 15 is 0 Å². The van der Waals surface area contributed by atoms with E-state index in [4.69, 9.17) is 15.6 Å². The summed E-state index contributed by atoms with van der Waals surface area (Å²) in [5, 5.41) is 10.8. The van der Waals surface area contributed by atoms with Crippen molar-refractivity contribution in [3.8, 4) is 0 Å². The molecule has 0 spiro atoms. The lowest BCUT2D eigenvalue weighted by Gasteiger charge is -2.19. The van der Waals surface area contributed by atoms with Crippen LogP contribution >= 0.6 is 0 Å². The van der Waals surface area contributed by atoms with Gasteiger partial charge in [0.25, 0.3) is 0 Å². The first kappa shape index (κ1) is 19.7. The lowest BCUT2D eigenvalue weighted by molar-refractivity contribution is -0.137. The minimum atomic E-state index is -0.865. The standard InChI is InChI=1S/C9H17NO4.C6H13N/c1-9(2,3)14-8(13)10-6-4-5-7(11)12;7-6-4-2-1-3-5-6/h4-6H2,1-3H3,(H,10,13)(H,11,12);6H,1-5,7H2. The van der Waals surface area contributed by atoms with Gasteiger partial charge in [-0.15, -0.1) is 0 Å². The number of amides is 1. The average Bonchev–Trinajstić information content (AvgIpc) is 2.34. The Morgan fingerprint density at radius 3 is 2.19 bits per heavy atom. The molecule has 0 aromatic heterocycles. The van der Waals surface area contributed by atoms with Crippen LogP contribution in [-0.4, -0.2) is 35.4 Å². The molecule has 0 unspecified atom stereocenters. The fourth-order valence-electron chi connectivity index (χ4n) is 1.88. The number of carbonyl (C=O) groups is 2. The van der Waals surface area contributed by atoms with Crippen LogP contribution < -0.4 is 11.1 Å². The van der Waals surface area contributed by atoms with Crippen molar-refractivity contribution in [2.75, 3.05) is 6.54 Å². The molecule has 1 fully saturated rings. The Bertz CT molecular complexity index is 307. The van der Waals surface area contributed by atoms with Gasteiger partial charge in [0.05, 0.1) is 0 Å². The van der Waals surface area contributed by atoms with Crippen LogP contribution in [0.25, 0.3) is 0 Å². The Hall–Kier alpha value is -1.30. The number of hydrogen-bond acceptors (Lipinski definition) is 4. The highest BCUT2D eigenvalue weighted by Crippen LogP contribution is 2.14. The third-order valence-electron chi connectivity index (χ3n) is 2.89. The first-order valence-corrected chi connectivity index (χ1v) is 7.65. The van der Waals surface area contributed by atoms with Gasteiger partial charge in [-0.2, -0.15) is 0 Å². The zero-order valence-electron chi connectivity index (χ0n) is 13.5. The minimum absolute atomic E-state index is 0.0514. The van der Waals surface area contributed by atoms with E-state index in [9.17, 15) is 9.59 Å². The quantitative estimate of drug-likeness (QED) is 0.693. The summed E-state index contributed by atoms with van der Waals surface area (Å²) in [5.74, 6) is -0.865. The molecule has 6 nitrogen and oxygen atoms in total. The SMILES string of the molecule is CC(C)(C)OC(=O)NCCCC(=O)O.NC1CCCCC1. The van der Waals surface area contributed by atoms with Crippen molar-refractivity contribution < 1.29 is 19.4 Å². The van der Waals surface area contributed by atoms with E-state index in [0.717, 1.165) is 0 Å². The number of rotatable bonds is 4. The summed E-state index contributed by atoms with van der Waals surface area (Å²) in [7, 11) is 0. The van der Waals surface area contributed by atoms with E-state index in [2.05, 4.69) is 5.32 Å². The number of nitrogens with two attached hydrogens (primary N) is 1. The molecule has 0 aromatic carbocycles. The maximum Gasteiger partial charge on any atom is 0.407 e. The number of hydrogen-bond donors (Lipinski definition) is 3. The molecule has 0 radical (unpaired) electrons. The van der Waals surface area contributed by atoms with Crippen molar-refractivity contribution in [1.29, 1.82) is 0 Å². The fourth-order valence-corrected chi connectivity index (χ4v) is 1.88. The van der Waals surface area contributed by atoms with Crippen molar-refractivity contribution in [2.45, 2.75) is 77.4 Å². The third-order valence-corrected chi connectivity index (χ3v) is 2.89. The van der Waals surface area contributed by atoms with Crippen molar-refractivity contribution in [2.24, 2.45) is 5.73 Å². The molecule has 0 aromatic rings. The van der Waals surface area contributed by atoms with Gasteiger partial charge in [0, 0.05) is 19.0 Å². The molecule has 1 rings (SSSR count). The van der Waals surface area contributed by atoms with Crippen LogP contribution in [0.1, 0.15) is 65.7 Å². The van der Waals surface area contributed by atoms with Crippen LogP contribution in [0.4, 0.5) is 4.79 Å². The van der Waals surface area contributed by atoms with Gasteiger partial charge in [0.2, 0.25) is 0 Å². The zero-order chi connectivity index (χ0) is 16.3. The highest BCUT2D eigenvalue weighted by molar-refractivity contribution is 5.68. The fraction of sp³-hybridized carbons (Fsp3) is 0.867. The Balaban J connectivity index is 0.000000471. The van der Waals surface area contributed by atoms with E-state index < -0.39 is 17.7 Å². The molecule has 6 heteroatoms. The number of carbonyl (C=O) groups excluding carboxylic acids is 1. The summed E-state index contributed by atoms with van der Waals surface area (Å²) in [6.45, 7) is 5.62. The minimum Gasteiger partial charge on any atom is -0.481 e. The molecule has 1 aliphatic rings. The van der Waals surface area contributed by atoms with Gasteiger partial charge in [0.1, 0.15) is 5.60 Å². The van der Waals surface area contributed by atoms with E-state index in [1.165, 1.54) is 32.1 Å². The van der Waals surface area contributed by atoms with E-state index in [-0.39, 0.29) is 6.42 Å². The zero-order valence-corrected chi connectivity index (χ0v) is 13.5. The summed E-state index contributed by atoms with van der Waals surface area (Å²) in [6.07, 6.45) is 6.61. The lowest BCUT2D eigenvalue weighted by Crippen LogP contribution is -2.33. The molecule has 4 N–H and O–H groups in total. The van der Waals surface area contributed by atoms with E-state index in [0.29, 0.717) is 19.0 Å². The van der Waals surface area contributed by atoms with Crippen molar-refractivity contribution in [1.82, 2.24) is 5.32 Å². The Labute approximate surface area is 127 Å². The van der Waals surface area contributed by atoms with Gasteiger partial charge in [-0.3, -0.25) is 4.79 Å². The van der Waals surface area contributed by atoms with Gasteiger partial charge in [-0.1, -0.05) is 19.3 Å². The van der Waals surface area contributed by atoms with Crippen LogP contribution in [-0.2, 0) is 9.53 Å². The molecule has 0 aliphatic heterocycles. The van der Waals surface area contributed by atoms with Crippen molar-refractivity contribution in [3.05, 3.63) is 0 Å². The number of nitrogens with one attached hydrogen (secondary N) is 1. The Morgan fingerprint density at radius 1 is 1.24 bits per heavy atom. The number of carboxylic acids is 1. The summed E-state index contributed by atoms with van der Waals surface area (Å²) >= 11 is 0. The van der Waals surface area contributed by atoms with Crippen LogP contribution in [0, 0.1) is 0 Å². The molecule has 0 bridgehead atoms. The van der Waals surface area contributed by atoms with Crippen LogP contribution in [0.15, 0.2) is 0 Å². The molecule has 124 valence electrons. The second kappa shape index (κ2) is 10.4. The summed E-state index contributed by atoms with van der Waals surface area (Å²) in [5.41, 5.74) is 5.12. The number of carboxylic acid groups (broad SMARTS) is 1. The predicted octanol–water partition coefficient (Wildman–Crippen LogP) is 2.65. The number of aliphatic carboxylic acids is 1. The molecular weight excluding hydrogens is 272 g/mol. The highest BCUT2D eigenvalue weighted by Gasteiger charge is 2.15. The smallest absolute Gasteiger partial charge is 0.407 e. The summed E-state index contributed by atoms with van der Waals surface area (Å²) in [4.78, 5) is 21.2. The summed E-state index contributed by atoms with van der Waals surface area (Å²) in [6, 6.07) is 0.536. The molecule has 0 atom stereocenters. The third kappa shape index (κ3) is 14.9. The molecule has 1 amide bonds. The van der Waals surface area contributed by atoms with Gasteiger partial charge < -0.3 is 20.9 Å². The van der Waals surface area contributed by atoms with E-state index in [1.54, 1.807) is 20.8 Å². The van der Waals surface area contributed by atoms with E-state index in [1.807, 2.05) is 0 Å². The molecule has 0 saturated heterocycles. The molecule has 1 aliphatic carbocycles.